The molecule has 0 spiro atoms. The third kappa shape index (κ3) is 4.45. The molecule has 3 rings (SSSR count). The van der Waals surface area contributed by atoms with Crippen LogP contribution in [-0.4, -0.2) is 15.5 Å². The summed E-state index contributed by atoms with van der Waals surface area (Å²) in [6, 6.07) is 9.78. The Bertz CT molecular complexity index is 1000. The monoisotopic (exact) mass is 383 g/mol. The first-order valence-corrected chi connectivity index (χ1v) is 10.2. The number of carbonyl (C=O) groups is 1. The van der Waals surface area contributed by atoms with Crippen molar-refractivity contribution in [2.24, 2.45) is 0 Å². The second-order valence-corrected chi connectivity index (χ2v) is 7.80. The molecular weight excluding hydrogens is 358 g/mol. The smallest absolute Gasteiger partial charge is 0.262 e. The van der Waals surface area contributed by atoms with Gasteiger partial charge in [0.2, 0.25) is 5.91 Å². The predicted molar refractivity (Wildman–Crippen MR) is 112 cm³/mol. The summed E-state index contributed by atoms with van der Waals surface area (Å²) >= 11 is 1.54. The molecule has 0 aliphatic carbocycles. The number of benzene rings is 1. The van der Waals surface area contributed by atoms with Gasteiger partial charge in [0.15, 0.2) is 0 Å². The molecule has 6 heteroatoms. The Hall–Kier alpha value is -2.47. The number of rotatable bonds is 7. The Balaban J connectivity index is 1.75. The molecule has 0 unspecified atom stereocenters. The van der Waals surface area contributed by atoms with Crippen LogP contribution in [0.3, 0.4) is 0 Å². The molecule has 0 bridgehead atoms. The van der Waals surface area contributed by atoms with Crippen molar-refractivity contribution in [3.8, 4) is 0 Å². The van der Waals surface area contributed by atoms with Crippen LogP contribution in [0.5, 0.6) is 0 Å². The SMILES string of the molecule is CCCCc1ccc(NC(=O)Cn2c(C)nc3sc(CC)cc3c2=O)cc1. The highest BCUT2D eigenvalue weighted by Gasteiger charge is 2.14. The minimum atomic E-state index is -0.228. The lowest BCUT2D eigenvalue weighted by Gasteiger charge is -2.10. The number of aryl methyl sites for hydroxylation is 3. The molecule has 0 aliphatic rings. The van der Waals surface area contributed by atoms with E-state index in [0.717, 1.165) is 41.1 Å². The fourth-order valence-electron chi connectivity index (χ4n) is 3.01. The lowest BCUT2D eigenvalue weighted by molar-refractivity contribution is -0.116. The first-order chi connectivity index (χ1) is 13.0. The summed E-state index contributed by atoms with van der Waals surface area (Å²) in [6.07, 6.45) is 4.24. The van der Waals surface area contributed by atoms with E-state index >= 15 is 0 Å². The molecule has 27 heavy (non-hydrogen) atoms. The highest BCUT2D eigenvalue weighted by molar-refractivity contribution is 7.18. The number of nitrogens with zero attached hydrogens (tertiary/aromatic N) is 2. The molecule has 3 aromatic rings. The third-order valence-corrected chi connectivity index (χ3v) is 5.77. The highest BCUT2D eigenvalue weighted by Crippen LogP contribution is 2.22. The van der Waals surface area contributed by atoms with Gasteiger partial charge in [-0.1, -0.05) is 32.4 Å². The van der Waals surface area contributed by atoms with Gasteiger partial charge in [-0.05, 0) is 49.9 Å². The molecule has 1 aromatic carbocycles. The van der Waals surface area contributed by atoms with E-state index in [-0.39, 0.29) is 18.0 Å². The molecule has 1 N–H and O–H groups in total. The number of anilines is 1. The third-order valence-electron chi connectivity index (χ3n) is 4.60. The second kappa shape index (κ2) is 8.48. The van der Waals surface area contributed by atoms with Gasteiger partial charge in [-0.2, -0.15) is 0 Å². The fraction of sp³-hybridized carbons (Fsp3) is 0.381. The molecule has 0 aliphatic heterocycles. The number of hydrogen-bond acceptors (Lipinski definition) is 4. The number of aromatic nitrogens is 2. The predicted octanol–water partition coefficient (Wildman–Crippen LogP) is 4.31. The highest BCUT2D eigenvalue weighted by atomic mass is 32.1. The van der Waals surface area contributed by atoms with Gasteiger partial charge in [0, 0.05) is 10.6 Å². The first-order valence-electron chi connectivity index (χ1n) is 9.40. The molecule has 5 nitrogen and oxygen atoms in total. The van der Waals surface area contributed by atoms with Crippen molar-refractivity contribution in [3.63, 3.8) is 0 Å². The standard InChI is InChI=1S/C21H25N3O2S/c1-4-6-7-15-8-10-16(11-9-15)23-19(25)13-24-14(3)22-20-18(21(24)26)12-17(5-2)27-20/h8-12H,4-7,13H2,1-3H3,(H,23,25). The average Bonchev–Trinajstić information content (AvgIpc) is 3.08. The quantitative estimate of drug-likeness (QED) is 0.661. The van der Waals surface area contributed by atoms with E-state index in [9.17, 15) is 9.59 Å². The summed E-state index contributed by atoms with van der Waals surface area (Å²) in [5, 5.41) is 3.46. The van der Waals surface area contributed by atoms with Gasteiger partial charge in [-0.15, -0.1) is 11.3 Å². The van der Waals surface area contributed by atoms with Crippen molar-refractivity contribution in [2.45, 2.75) is 53.0 Å². The molecule has 0 radical (unpaired) electrons. The lowest BCUT2D eigenvalue weighted by atomic mass is 10.1. The van der Waals surface area contributed by atoms with Crippen molar-refractivity contribution in [1.29, 1.82) is 0 Å². The maximum absolute atomic E-state index is 12.8. The Morgan fingerprint density at radius 1 is 1.22 bits per heavy atom. The summed E-state index contributed by atoms with van der Waals surface area (Å²) < 4.78 is 1.44. The van der Waals surface area contributed by atoms with E-state index in [2.05, 4.69) is 24.1 Å². The summed E-state index contributed by atoms with van der Waals surface area (Å²) in [7, 11) is 0. The fourth-order valence-corrected chi connectivity index (χ4v) is 4.01. The van der Waals surface area contributed by atoms with Gasteiger partial charge < -0.3 is 5.32 Å². The van der Waals surface area contributed by atoms with Crippen molar-refractivity contribution < 1.29 is 4.79 Å². The topological polar surface area (TPSA) is 64.0 Å². The van der Waals surface area contributed by atoms with E-state index in [0.29, 0.717) is 11.2 Å². The minimum Gasteiger partial charge on any atom is -0.325 e. The summed E-state index contributed by atoms with van der Waals surface area (Å²) in [5.74, 6) is 0.329. The molecule has 0 atom stereocenters. The van der Waals surface area contributed by atoms with Gasteiger partial charge >= 0.3 is 0 Å². The number of fused-ring (bicyclic) bond motifs is 1. The summed E-state index contributed by atoms with van der Waals surface area (Å²) in [6.45, 7) is 5.95. The Morgan fingerprint density at radius 3 is 2.63 bits per heavy atom. The van der Waals surface area contributed by atoms with Crippen LogP contribution in [0.25, 0.3) is 10.2 Å². The van der Waals surface area contributed by atoms with Gasteiger partial charge in [-0.25, -0.2) is 4.98 Å². The van der Waals surface area contributed by atoms with Crippen LogP contribution in [0.2, 0.25) is 0 Å². The molecule has 2 aromatic heterocycles. The van der Waals surface area contributed by atoms with E-state index in [1.165, 1.54) is 21.5 Å². The van der Waals surface area contributed by atoms with Gasteiger partial charge in [0.1, 0.15) is 17.2 Å². The molecule has 2 heterocycles. The summed E-state index contributed by atoms with van der Waals surface area (Å²) in [4.78, 5) is 31.6. The number of unbranched alkanes of at least 4 members (excludes halogenated alkanes) is 1. The zero-order valence-electron chi connectivity index (χ0n) is 16.0. The zero-order chi connectivity index (χ0) is 19.4. The van der Waals surface area contributed by atoms with Crippen LogP contribution in [0.1, 0.15) is 43.0 Å². The van der Waals surface area contributed by atoms with Crippen LogP contribution < -0.4 is 10.9 Å². The van der Waals surface area contributed by atoms with Crippen LogP contribution in [-0.2, 0) is 24.2 Å². The molecule has 1 amide bonds. The van der Waals surface area contributed by atoms with Crippen LogP contribution >= 0.6 is 11.3 Å². The van der Waals surface area contributed by atoms with E-state index in [1.807, 2.05) is 30.3 Å². The number of amides is 1. The van der Waals surface area contributed by atoms with Crippen molar-refractivity contribution in [3.05, 3.63) is 57.0 Å². The molecular formula is C21H25N3O2S. The van der Waals surface area contributed by atoms with Crippen molar-refractivity contribution in [1.82, 2.24) is 9.55 Å². The number of nitrogens with one attached hydrogen (secondary N) is 1. The number of hydrogen-bond donors (Lipinski definition) is 1. The Kier molecular flexibility index (Phi) is 6.06. The average molecular weight is 384 g/mol. The number of carbonyl (C=O) groups excluding carboxylic acids is 1. The van der Waals surface area contributed by atoms with Gasteiger partial charge in [0.25, 0.3) is 5.56 Å². The largest absolute Gasteiger partial charge is 0.325 e. The van der Waals surface area contributed by atoms with Gasteiger partial charge in [0.05, 0.1) is 5.39 Å². The van der Waals surface area contributed by atoms with E-state index < -0.39 is 0 Å². The Morgan fingerprint density at radius 2 is 1.96 bits per heavy atom. The molecule has 0 saturated heterocycles. The lowest BCUT2D eigenvalue weighted by Crippen LogP contribution is -2.29. The van der Waals surface area contributed by atoms with E-state index in [4.69, 9.17) is 0 Å². The molecule has 0 fully saturated rings. The van der Waals surface area contributed by atoms with Crippen molar-refractivity contribution in [2.75, 3.05) is 5.32 Å². The van der Waals surface area contributed by atoms with Gasteiger partial charge in [-0.3, -0.25) is 14.2 Å². The maximum Gasteiger partial charge on any atom is 0.262 e. The van der Waals surface area contributed by atoms with E-state index in [1.54, 1.807) is 6.92 Å². The van der Waals surface area contributed by atoms with Crippen LogP contribution in [0.4, 0.5) is 5.69 Å². The first kappa shape index (κ1) is 19.3. The minimum absolute atomic E-state index is 0.0392. The maximum atomic E-state index is 12.8. The second-order valence-electron chi connectivity index (χ2n) is 6.68. The molecule has 142 valence electrons. The van der Waals surface area contributed by atoms with Crippen LogP contribution in [0.15, 0.2) is 35.1 Å². The summed E-state index contributed by atoms with van der Waals surface area (Å²) in [5.41, 5.74) is 1.85. The normalized spacial score (nSPS) is 11.1. The zero-order valence-corrected chi connectivity index (χ0v) is 16.9. The van der Waals surface area contributed by atoms with Crippen molar-refractivity contribution >= 4 is 33.1 Å². The number of thiophene rings is 1. The van der Waals surface area contributed by atoms with Crippen LogP contribution in [0, 0.1) is 6.92 Å². The molecule has 0 saturated carbocycles. The Labute approximate surface area is 163 Å².